The fraction of sp³-hybridized carbons (Fsp3) is 0.323. The predicted octanol–water partition coefficient (Wildman–Crippen LogP) is 6.13. The van der Waals surface area contributed by atoms with Gasteiger partial charge in [0.2, 0.25) is 0 Å². The first-order chi connectivity index (χ1) is 19.3. The molecule has 40 heavy (non-hydrogen) atoms. The molecular weight excluding hydrogens is 526 g/mol. The van der Waals surface area contributed by atoms with Gasteiger partial charge in [-0.1, -0.05) is 62.7 Å². The van der Waals surface area contributed by atoms with Crippen LogP contribution in [0.5, 0.6) is 0 Å². The first kappa shape index (κ1) is 29.0. The van der Waals surface area contributed by atoms with E-state index in [0.717, 1.165) is 23.8 Å². The summed E-state index contributed by atoms with van der Waals surface area (Å²) in [5, 5.41) is 20.3. The Morgan fingerprint density at radius 3 is 2.58 bits per heavy atom. The van der Waals surface area contributed by atoms with E-state index < -0.39 is 21.7 Å². The van der Waals surface area contributed by atoms with Crippen molar-refractivity contribution in [1.29, 1.82) is 5.26 Å². The number of hydrogen-bond donors (Lipinski definition) is 2. The van der Waals surface area contributed by atoms with Gasteiger partial charge >= 0.3 is 0 Å². The summed E-state index contributed by atoms with van der Waals surface area (Å²) in [4.78, 5) is 15.7. The van der Waals surface area contributed by atoms with Crippen LogP contribution < -0.4 is 4.72 Å². The van der Waals surface area contributed by atoms with Crippen molar-refractivity contribution in [2.24, 2.45) is 0 Å². The molecule has 0 bridgehead atoms. The lowest BCUT2D eigenvalue weighted by Crippen LogP contribution is -2.41. The van der Waals surface area contributed by atoms with E-state index in [1.807, 2.05) is 49.4 Å². The second-order valence-corrected chi connectivity index (χ2v) is 11.5. The fourth-order valence-corrected chi connectivity index (χ4v) is 6.48. The molecule has 0 fully saturated rings. The lowest BCUT2D eigenvalue weighted by atomic mass is 9.76. The van der Waals surface area contributed by atoms with Gasteiger partial charge in [-0.25, -0.2) is 4.98 Å². The molecule has 0 saturated heterocycles. The Balaban J connectivity index is 1.69. The van der Waals surface area contributed by atoms with Gasteiger partial charge in [0, 0.05) is 36.2 Å². The molecule has 1 aromatic heterocycles. The summed E-state index contributed by atoms with van der Waals surface area (Å²) in [5.74, 6) is -0.104. The number of sulfonamides is 1. The van der Waals surface area contributed by atoms with E-state index in [4.69, 9.17) is 10.00 Å². The molecule has 1 aliphatic rings. The van der Waals surface area contributed by atoms with Crippen LogP contribution in [-0.4, -0.2) is 30.9 Å². The van der Waals surface area contributed by atoms with Gasteiger partial charge in [-0.05, 0) is 48.2 Å². The highest BCUT2D eigenvalue weighted by Gasteiger charge is 2.44. The molecule has 1 unspecified atom stereocenters. The highest BCUT2D eigenvalue weighted by molar-refractivity contribution is 7.92. The Hall–Kier alpha value is -4.00. The van der Waals surface area contributed by atoms with Crippen LogP contribution in [0, 0.1) is 11.3 Å². The van der Waals surface area contributed by atoms with Crippen LogP contribution in [0.2, 0.25) is 0 Å². The lowest BCUT2D eigenvalue weighted by Gasteiger charge is -2.44. The zero-order chi connectivity index (χ0) is 28.8. The van der Waals surface area contributed by atoms with Crippen LogP contribution >= 0.6 is 0 Å². The number of aliphatic hydroxyl groups excluding tert-OH is 1. The highest BCUT2D eigenvalue weighted by atomic mass is 32.2. The van der Waals surface area contributed by atoms with E-state index in [-0.39, 0.29) is 35.1 Å². The number of nitriles is 1. The molecule has 9 heteroatoms. The van der Waals surface area contributed by atoms with E-state index in [2.05, 4.69) is 16.6 Å². The van der Waals surface area contributed by atoms with Crippen LogP contribution in [0.1, 0.15) is 68.6 Å². The van der Waals surface area contributed by atoms with Gasteiger partial charge in [0.25, 0.3) is 10.0 Å². The van der Waals surface area contributed by atoms with E-state index in [0.29, 0.717) is 24.1 Å². The number of pyridine rings is 1. The number of aliphatic hydroxyl groups is 1. The topological polar surface area (TPSA) is 129 Å². The minimum absolute atomic E-state index is 0.0882. The van der Waals surface area contributed by atoms with Crippen LogP contribution in [0.25, 0.3) is 0 Å². The molecule has 4 rings (SSSR count). The third-order valence-electron chi connectivity index (χ3n) is 7.23. The summed E-state index contributed by atoms with van der Waals surface area (Å²) >= 11 is 0. The molecule has 8 nitrogen and oxygen atoms in total. The number of rotatable bonds is 11. The molecular formula is C31H33N3O5S. The number of nitrogens with zero attached hydrogens (tertiary/aromatic N) is 2. The van der Waals surface area contributed by atoms with Crippen LogP contribution in [0.3, 0.4) is 0 Å². The van der Waals surface area contributed by atoms with E-state index in [1.54, 1.807) is 18.2 Å². The Labute approximate surface area is 235 Å². The molecule has 0 radical (unpaired) electrons. The Morgan fingerprint density at radius 1 is 1.18 bits per heavy atom. The van der Waals surface area contributed by atoms with E-state index in [9.17, 15) is 18.3 Å². The maximum Gasteiger partial charge on any atom is 0.279 e. The minimum atomic E-state index is -4.00. The number of aldehydes is 1. The molecule has 2 N–H and O–H groups in total. The third kappa shape index (κ3) is 6.09. The molecule has 2 aromatic carbocycles. The maximum atomic E-state index is 12.9. The molecule has 0 spiro atoms. The van der Waals surface area contributed by atoms with Crippen LogP contribution in [0.15, 0.2) is 89.3 Å². The first-order valence-electron chi connectivity index (χ1n) is 13.3. The van der Waals surface area contributed by atoms with Gasteiger partial charge in [0.05, 0.1) is 17.4 Å². The number of nitrogens with one attached hydrogen (secondary N) is 1. The smallest absolute Gasteiger partial charge is 0.279 e. The van der Waals surface area contributed by atoms with Crippen molar-refractivity contribution in [2.45, 2.75) is 68.6 Å². The van der Waals surface area contributed by atoms with E-state index >= 15 is 0 Å². The molecule has 208 valence electrons. The monoisotopic (exact) mass is 559 g/mol. The van der Waals surface area contributed by atoms with E-state index in [1.165, 1.54) is 18.3 Å². The van der Waals surface area contributed by atoms with Crippen molar-refractivity contribution >= 4 is 22.0 Å². The molecule has 1 aliphatic heterocycles. The summed E-state index contributed by atoms with van der Waals surface area (Å²) in [7, 11) is -4.00. The first-order valence-corrected chi connectivity index (χ1v) is 14.8. The van der Waals surface area contributed by atoms with Crippen LogP contribution in [0.4, 0.5) is 5.69 Å². The van der Waals surface area contributed by atoms with Gasteiger partial charge in [0.15, 0.2) is 5.03 Å². The average molecular weight is 560 g/mol. The molecule has 3 aromatic rings. The zero-order valence-electron chi connectivity index (χ0n) is 22.6. The average Bonchev–Trinajstić information content (AvgIpc) is 2.95. The number of anilines is 1. The quantitative estimate of drug-likeness (QED) is 0.270. The number of aromatic nitrogens is 1. The largest absolute Gasteiger partial charge is 0.512 e. The fourth-order valence-electron chi connectivity index (χ4n) is 5.50. The van der Waals surface area contributed by atoms with Crippen molar-refractivity contribution in [1.82, 2.24) is 4.98 Å². The molecule has 0 aliphatic carbocycles. The van der Waals surface area contributed by atoms with Crippen molar-refractivity contribution in [2.75, 3.05) is 4.72 Å². The van der Waals surface area contributed by atoms with Crippen molar-refractivity contribution in [3.05, 3.63) is 101 Å². The van der Waals surface area contributed by atoms with Crippen molar-refractivity contribution < 1.29 is 23.1 Å². The summed E-state index contributed by atoms with van der Waals surface area (Å²) in [6.45, 7) is 4.04. The highest BCUT2D eigenvalue weighted by Crippen LogP contribution is 2.47. The van der Waals surface area contributed by atoms with Crippen LogP contribution in [-0.2, 0) is 25.2 Å². The Kier molecular flexibility index (Phi) is 9.03. The lowest BCUT2D eigenvalue weighted by molar-refractivity contribution is -0.126. The number of benzene rings is 2. The van der Waals surface area contributed by atoms with Gasteiger partial charge in [0.1, 0.15) is 18.0 Å². The summed E-state index contributed by atoms with van der Waals surface area (Å²) in [6.07, 6.45) is 3.86. The van der Waals surface area contributed by atoms with Gasteiger partial charge in [-0.15, -0.1) is 0 Å². The standard InChI is InChI=1S/C31H33N3O5S/c1-3-16-31(24-10-6-5-7-11-24)19-27(36)30(28(39-31)15-17-35)26(4-2)23-9-8-12-25(18-23)34-40(37,38)29-14-13-22(20-32)21-33-29/h5-14,17-18,21,26,28,34,36H,3-4,15-16,19H2,1-2H3/t26-,28?,31-/m0/s1. The second kappa shape index (κ2) is 12.5. The third-order valence-corrected chi connectivity index (χ3v) is 8.53. The van der Waals surface area contributed by atoms with Crippen molar-refractivity contribution in [3.63, 3.8) is 0 Å². The molecule has 2 heterocycles. The summed E-state index contributed by atoms with van der Waals surface area (Å²) in [5.41, 5.74) is 2.22. The Bertz CT molecular complexity index is 1510. The maximum absolute atomic E-state index is 12.9. The zero-order valence-corrected chi connectivity index (χ0v) is 23.4. The normalized spacial score (nSPS) is 20.0. The minimum Gasteiger partial charge on any atom is -0.512 e. The molecule has 3 atom stereocenters. The Morgan fingerprint density at radius 2 is 1.95 bits per heavy atom. The number of carbonyl (C=O) groups excluding carboxylic acids is 1. The second-order valence-electron chi connectivity index (χ2n) is 9.89. The van der Waals surface area contributed by atoms with Crippen molar-refractivity contribution in [3.8, 4) is 6.07 Å². The summed E-state index contributed by atoms with van der Waals surface area (Å²) in [6, 6.07) is 21.3. The number of carbonyl (C=O) groups is 1. The predicted molar refractivity (Wildman–Crippen MR) is 152 cm³/mol. The van der Waals surface area contributed by atoms with Gasteiger partial charge < -0.3 is 14.6 Å². The SMILES string of the molecule is CCC[C@@]1(c2ccccc2)CC(O)=C([C@@H](CC)c2cccc(NS(=O)(=O)c3ccc(C#N)cn3)c2)C(CC=O)O1. The molecule has 0 saturated carbocycles. The van der Waals surface area contributed by atoms with Gasteiger partial charge in [-0.2, -0.15) is 13.7 Å². The van der Waals surface area contributed by atoms with Gasteiger partial charge in [-0.3, -0.25) is 4.72 Å². The molecule has 0 amide bonds. The number of ether oxygens (including phenoxy) is 1. The summed E-state index contributed by atoms with van der Waals surface area (Å²) < 4.78 is 35.2. The number of hydrogen-bond acceptors (Lipinski definition) is 7.